The standard InChI is InChI=1S/C18H27ClN4O4S/c19-15-5-1-6-16(12-15)28(26,27)22-9-7-17(24)21-8-3-11-23-10-2-4-14(13-23)18(20)25/h1,5-6,12,14,22H,2-4,7-11,13H2,(H2,20,25)(H,21,24). The van der Waals surface area contributed by atoms with Gasteiger partial charge in [0.1, 0.15) is 0 Å². The number of nitrogens with zero attached hydrogens (tertiary/aromatic N) is 1. The first-order valence-corrected chi connectivity index (χ1v) is 11.2. The number of amides is 2. The zero-order chi connectivity index (χ0) is 20.6. The van der Waals surface area contributed by atoms with Crippen LogP contribution in [0.4, 0.5) is 0 Å². The van der Waals surface area contributed by atoms with Gasteiger partial charge in [0.05, 0.1) is 10.8 Å². The van der Waals surface area contributed by atoms with Gasteiger partial charge in [-0.05, 0) is 50.6 Å². The fraction of sp³-hybridized carbons (Fsp3) is 0.556. The van der Waals surface area contributed by atoms with E-state index in [0.717, 1.165) is 32.4 Å². The van der Waals surface area contributed by atoms with Gasteiger partial charge in [-0.25, -0.2) is 13.1 Å². The molecule has 0 aromatic heterocycles. The van der Waals surface area contributed by atoms with E-state index in [1.165, 1.54) is 12.1 Å². The van der Waals surface area contributed by atoms with Crippen molar-refractivity contribution in [3.63, 3.8) is 0 Å². The van der Waals surface area contributed by atoms with Gasteiger partial charge < -0.3 is 16.0 Å². The molecule has 0 bridgehead atoms. The minimum absolute atomic E-state index is 0.00704. The van der Waals surface area contributed by atoms with Gasteiger partial charge in [-0.1, -0.05) is 17.7 Å². The first-order chi connectivity index (χ1) is 13.3. The van der Waals surface area contributed by atoms with Crippen molar-refractivity contribution in [2.75, 3.05) is 32.7 Å². The molecule has 4 N–H and O–H groups in total. The quantitative estimate of drug-likeness (QED) is 0.472. The van der Waals surface area contributed by atoms with E-state index in [1.54, 1.807) is 12.1 Å². The molecule has 1 aliphatic heterocycles. The molecule has 1 aromatic carbocycles. The van der Waals surface area contributed by atoms with Crippen molar-refractivity contribution < 1.29 is 18.0 Å². The molecular formula is C18H27ClN4O4S. The summed E-state index contributed by atoms with van der Waals surface area (Å²) < 4.78 is 26.7. The molecular weight excluding hydrogens is 404 g/mol. The number of nitrogens with one attached hydrogen (secondary N) is 2. The number of rotatable bonds is 10. The van der Waals surface area contributed by atoms with Crippen LogP contribution in [0.5, 0.6) is 0 Å². The first kappa shape index (κ1) is 22.6. The summed E-state index contributed by atoms with van der Waals surface area (Å²) in [4.78, 5) is 25.4. The van der Waals surface area contributed by atoms with Gasteiger partial charge in [0.25, 0.3) is 0 Å². The van der Waals surface area contributed by atoms with Crippen LogP contribution in [0, 0.1) is 5.92 Å². The number of carbonyl (C=O) groups excluding carboxylic acids is 2. The summed E-state index contributed by atoms with van der Waals surface area (Å²) in [6.45, 7) is 2.90. The van der Waals surface area contributed by atoms with Crippen molar-refractivity contribution in [1.29, 1.82) is 0 Å². The van der Waals surface area contributed by atoms with Gasteiger partial charge in [0.15, 0.2) is 0 Å². The van der Waals surface area contributed by atoms with Crippen LogP contribution in [-0.2, 0) is 19.6 Å². The SMILES string of the molecule is NC(=O)C1CCCN(CCCNC(=O)CCNS(=O)(=O)c2cccc(Cl)c2)C1. The number of hydrogen-bond donors (Lipinski definition) is 3. The summed E-state index contributed by atoms with van der Waals surface area (Å²) in [5.74, 6) is -0.559. The highest BCUT2D eigenvalue weighted by molar-refractivity contribution is 7.89. The van der Waals surface area contributed by atoms with Gasteiger partial charge in [0.2, 0.25) is 21.8 Å². The van der Waals surface area contributed by atoms with E-state index in [2.05, 4.69) is 14.9 Å². The Morgan fingerprint density at radius 3 is 2.79 bits per heavy atom. The highest BCUT2D eigenvalue weighted by Gasteiger charge is 2.23. The maximum Gasteiger partial charge on any atom is 0.240 e. The lowest BCUT2D eigenvalue weighted by Gasteiger charge is -2.31. The molecule has 1 heterocycles. The van der Waals surface area contributed by atoms with Crippen LogP contribution in [0.25, 0.3) is 0 Å². The molecule has 0 aliphatic carbocycles. The fourth-order valence-corrected chi connectivity index (χ4v) is 4.46. The van der Waals surface area contributed by atoms with Gasteiger partial charge in [0, 0.05) is 31.1 Å². The second-order valence-corrected chi connectivity index (χ2v) is 9.05. The van der Waals surface area contributed by atoms with Crippen LogP contribution < -0.4 is 15.8 Å². The lowest BCUT2D eigenvalue weighted by molar-refractivity contribution is -0.123. The summed E-state index contributed by atoms with van der Waals surface area (Å²) in [6, 6.07) is 5.94. The fourth-order valence-electron chi connectivity index (χ4n) is 3.13. The Balaban J connectivity index is 1.62. The van der Waals surface area contributed by atoms with E-state index in [1.807, 2.05) is 0 Å². The number of benzene rings is 1. The average Bonchev–Trinajstić information content (AvgIpc) is 2.65. The summed E-state index contributed by atoms with van der Waals surface area (Å²) in [7, 11) is -3.69. The first-order valence-electron chi connectivity index (χ1n) is 9.31. The van der Waals surface area contributed by atoms with Crippen molar-refractivity contribution in [2.45, 2.75) is 30.6 Å². The Bertz CT molecular complexity index is 788. The number of piperidine rings is 1. The Morgan fingerprint density at radius 2 is 2.07 bits per heavy atom. The topological polar surface area (TPSA) is 122 Å². The minimum atomic E-state index is -3.69. The normalized spacial score (nSPS) is 18.0. The number of sulfonamides is 1. The maximum atomic E-state index is 12.1. The second-order valence-electron chi connectivity index (χ2n) is 6.85. The van der Waals surface area contributed by atoms with E-state index < -0.39 is 10.0 Å². The lowest BCUT2D eigenvalue weighted by atomic mass is 9.97. The molecule has 1 saturated heterocycles. The van der Waals surface area contributed by atoms with Crippen LogP contribution in [0.2, 0.25) is 5.02 Å². The van der Waals surface area contributed by atoms with Gasteiger partial charge in [-0.15, -0.1) is 0 Å². The Morgan fingerprint density at radius 1 is 1.29 bits per heavy atom. The third-order valence-corrected chi connectivity index (χ3v) is 6.33. The van der Waals surface area contributed by atoms with E-state index >= 15 is 0 Å². The summed E-state index contributed by atoms with van der Waals surface area (Å²) in [6.07, 6.45) is 2.60. The number of hydrogen-bond acceptors (Lipinski definition) is 5. The highest BCUT2D eigenvalue weighted by Crippen LogP contribution is 2.16. The molecule has 1 aliphatic rings. The number of carbonyl (C=O) groups is 2. The summed E-state index contributed by atoms with van der Waals surface area (Å²) in [5, 5.41) is 3.11. The molecule has 1 unspecified atom stereocenters. The average molecular weight is 431 g/mol. The molecule has 0 spiro atoms. The van der Waals surface area contributed by atoms with Crippen LogP contribution in [0.1, 0.15) is 25.7 Å². The van der Waals surface area contributed by atoms with Gasteiger partial charge in [-0.2, -0.15) is 0 Å². The highest BCUT2D eigenvalue weighted by atomic mass is 35.5. The second kappa shape index (κ2) is 10.8. The Hall–Kier alpha value is -1.68. The van der Waals surface area contributed by atoms with Crippen LogP contribution in [0.3, 0.4) is 0 Å². The zero-order valence-corrected chi connectivity index (χ0v) is 17.3. The molecule has 10 heteroatoms. The van der Waals surface area contributed by atoms with Crippen molar-refractivity contribution in [3.05, 3.63) is 29.3 Å². The van der Waals surface area contributed by atoms with Gasteiger partial charge >= 0.3 is 0 Å². The van der Waals surface area contributed by atoms with E-state index in [9.17, 15) is 18.0 Å². The number of nitrogens with two attached hydrogens (primary N) is 1. The molecule has 156 valence electrons. The van der Waals surface area contributed by atoms with Crippen molar-refractivity contribution in [2.24, 2.45) is 11.7 Å². The van der Waals surface area contributed by atoms with Crippen LogP contribution >= 0.6 is 11.6 Å². The minimum Gasteiger partial charge on any atom is -0.369 e. The molecule has 0 radical (unpaired) electrons. The molecule has 1 atom stereocenters. The van der Waals surface area contributed by atoms with Crippen LogP contribution in [0.15, 0.2) is 29.2 Å². The predicted octanol–water partition coefficient (Wildman–Crippen LogP) is 0.712. The number of halogens is 1. The monoisotopic (exact) mass is 430 g/mol. The van der Waals surface area contributed by atoms with E-state index in [-0.39, 0.29) is 35.6 Å². The summed E-state index contributed by atoms with van der Waals surface area (Å²) >= 11 is 5.80. The molecule has 28 heavy (non-hydrogen) atoms. The van der Waals surface area contributed by atoms with E-state index in [0.29, 0.717) is 18.1 Å². The number of likely N-dealkylation sites (tertiary alicyclic amines) is 1. The molecule has 2 amide bonds. The molecule has 1 fully saturated rings. The Kier molecular flexibility index (Phi) is 8.68. The van der Waals surface area contributed by atoms with Crippen molar-refractivity contribution in [3.8, 4) is 0 Å². The third-order valence-electron chi connectivity index (χ3n) is 4.63. The smallest absolute Gasteiger partial charge is 0.240 e. The lowest BCUT2D eigenvalue weighted by Crippen LogP contribution is -2.42. The van der Waals surface area contributed by atoms with Gasteiger partial charge in [-0.3, -0.25) is 9.59 Å². The third kappa shape index (κ3) is 7.38. The van der Waals surface area contributed by atoms with Crippen LogP contribution in [-0.4, -0.2) is 57.9 Å². The molecule has 1 aromatic rings. The van der Waals surface area contributed by atoms with Crippen molar-refractivity contribution >= 4 is 33.4 Å². The Labute approximate surface area is 170 Å². The van der Waals surface area contributed by atoms with E-state index in [4.69, 9.17) is 17.3 Å². The molecule has 0 saturated carbocycles. The maximum absolute atomic E-state index is 12.1. The molecule has 2 rings (SSSR count). The number of primary amides is 1. The van der Waals surface area contributed by atoms with Crippen molar-refractivity contribution in [1.82, 2.24) is 14.9 Å². The predicted molar refractivity (Wildman–Crippen MR) is 107 cm³/mol. The molecule has 8 nitrogen and oxygen atoms in total. The zero-order valence-electron chi connectivity index (χ0n) is 15.7. The summed E-state index contributed by atoms with van der Waals surface area (Å²) in [5.41, 5.74) is 5.37. The largest absolute Gasteiger partial charge is 0.369 e.